The van der Waals surface area contributed by atoms with Crippen LogP contribution in [-0.2, 0) is 16.1 Å². The summed E-state index contributed by atoms with van der Waals surface area (Å²) in [6.45, 7) is 1.31. The number of carbonyl (C=O) groups excluding carboxylic acids is 3. The van der Waals surface area contributed by atoms with E-state index >= 15 is 0 Å². The smallest absolute Gasteiger partial charge is 0.295 e. The second-order valence-corrected chi connectivity index (χ2v) is 7.85. The Morgan fingerprint density at radius 2 is 1.80 bits per heavy atom. The van der Waals surface area contributed by atoms with Crippen LogP contribution in [0.2, 0.25) is 0 Å². The van der Waals surface area contributed by atoms with Crippen molar-refractivity contribution in [2.45, 2.75) is 19.4 Å². The molecule has 1 saturated heterocycles. The molecule has 154 valence electrons. The monoisotopic (exact) mass is 403 g/mol. The highest BCUT2D eigenvalue weighted by Gasteiger charge is 2.33. The molecule has 1 atom stereocenters. The largest absolute Gasteiger partial charge is 0.360 e. The number of nitrogens with one attached hydrogen (secondary N) is 1. The molecule has 0 aliphatic carbocycles. The maximum absolute atomic E-state index is 12.9. The third-order valence-corrected chi connectivity index (χ3v) is 5.72. The zero-order valence-electron chi connectivity index (χ0n) is 17.0. The number of hydrogen-bond donors (Lipinski definition) is 1. The van der Waals surface area contributed by atoms with E-state index in [1.165, 1.54) is 4.90 Å². The Labute approximate surface area is 175 Å². The number of fused-ring (bicyclic) bond motifs is 1. The van der Waals surface area contributed by atoms with E-state index < -0.39 is 11.7 Å². The van der Waals surface area contributed by atoms with Gasteiger partial charge in [0, 0.05) is 43.8 Å². The third kappa shape index (κ3) is 3.99. The van der Waals surface area contributed by atoms with Crippen LogP contribution in [-0.4, -0.2) is 52.5 Å². The summed E-state index contributed by atoms with van der Waals surface area (Å²) in [7, 11) is 1.78. The summed E-state index contributed by atoms with van der Waals surface area (Å²) in [5.41, 5.74) is 2.26. The second kappa shape index (κ2) is 8.53. The maximum atomic E-state index is 12.9. The predicted molar refractivity (Wildman–Crippen MR) is 115 cm³/mol. The Morgan fingerprint density at radius 1 is 1.07 bits per heavy atom. The van der Waals surface area contributed by atoms with Gasteiger partial charge >= 0.3 is 0 Å². The van der Waals surface area contributed by atoms with Gasteiger partial charge in [0.15, 0.2) is 0 Å². The minimum atomic E-state index is -0.539. The van der Waals surface area contributed by atoms with Crippen LogP contribution in [0.4, 0.5) is 0 Å². The minimum Gasteiger partial charge on any atom is -0.360 e. The van der Waals surface area contributed by atoms with Crippen molar-refractivity contribution >= 4 is 28.5 Å². The number of ketones is 1. The summed E-state index contributed by atoms with van der Waals surface area (Å²) in [6, 6.07) is 17.2. The van der Waals surface area contributed by atoms with Gasteiger partial charge in [-0.25, -0.2) is 0 Å². The maximum Gasteiger partial charge on any atom is 0.295 e. The number of carbonyl (C=O) groups is 3. The fraction of sp³-hybridized carbons (Fsp3) is 0.292. The van der Waals surface area contributed by atoms with Crippen LogP contribution in [0.25, 0.3) is 10.9 Å². The van der Waals surface area contributed by atoms with Crippen LogP contribution in [0.3, 0.4) is 0 Å². The fourth-order valence-electron chi connectivity index (χ4n) is 4.13. The Bertz CT molecular complexity index is 1070. The van der Waals surface area contributed by atoms with E-state index in [0.29, 0.717) is 25.1 Å². The van der Waals surface area contributed by atoms with Gasteiger partial charge in [0.2, 0.25) is 5.91 Å². The Morgan fingerprint density at radius 3 is 2.60 bits per heavy atom. The lowest BCUT2D eigenvalue weighted by Gasteiger charge is -2.33. The van der Waals surface area contributed by atoms with Gasteiger partial charge in [-0.15, -0.1) is 0 Å². The second-order valence-electron chi connectivity index (χ2n) is 7.85. The number of rotatable bonds is 5. The van der Waals surface area contributed by atoms with Crippen molar-refractivity contribution in [3.05, 3.63) is 71.9 Å². The van der Waals surface area contributed by atoms with Crippen molar-refractivity contribution in [2.75, 3.05) is 20.1 Å². The first kappa shape index (κ1) is 19.9. The van der Waals surface area contributed by atoms with Crippen LogP contribution in [0, 0.1) is 5.92 Å². The summed E-state index contributed by atoms with van der Waals surface area (Å²) >= 11 is 0. The number of Topliss-reactive ketones (excluding diaryl/α,β-unsaturated/α-hetero) is 1. The molecule has 0 spiro atoms. The molecule has 1 aromatic heterocycles. The molecule has 2 amide bonds. The number of piperidine rings is 1. The number of nitrogens with zero attached hydrogens (tertiary/aromatic N) is 2. The van der Waals surface area contributed by atoms with Crippen molar-refractivity contribution in [1.82, 2.24) is 14.8 Å². The summed E-state index contributed by atoms with van der Waals surface area (Å²) in [4.78, 5) is 45.0. The molecule has 3 aromatic rings. The molecular weight excluding hydrogens is 378 g/mol. The number of amides is 2. The molecule has 2 aromatic carbocycles. The first-order valence-corrected chi connectivity index (χ1v) is 10.2. The lowest BCUT2D eigenvalue weighted by atomic mass is 9.95. The number of aromatic nitrogens is 1. The third-order valence-electron chi connectivity index (χ3n) is 5.72. The molecule has 6 heteroatoms. The minimum absolute atomic E-state index is 0.0101. The highest BCUT2D eigenvalue weighted by atomic mass is 16.2. The van der Waals surface area contributed by atoms with E-state index in [9.17, 15) is 14.4 Å². The Kier molecular flexibility index (Phi) is 5.65. The summed E-state index contributed by atoms with van der Waals surface area (Å²) in [6.07, 6.45) is 3.02. The van der Waals surface area contributed by atoms with Gasteiger partial charge in [0.1, 0.15) is 0 Å². The highest BCUT2D eigenvalue weighted by molar-refractivity contribution is 6.44. The molecule has 0 radical (unpaired) electrons. The Hall–Kier alpha value is -3.41. The number of para-hydroxylation sites is 1. The molecule has 30 heavy (non-hydrogen) atoms. The zero-order valence-corrected chi connectivity index (χ0v) is 17.0. The van der Waals surface area contributed by atoms with Gasteiger partial charge in [-0.2, -0.15) is 0 Å². The summed E-state index contributed by atoms with van der Waals surface area (Å²) < 4.78 is 0. The molecule has 1 N–H and O–H groups in total. The molecule has 1 fully saturated rings. The van der Waals surface area contributed by atoms with E-state index in [0.717, 1.165) is 22.9 Å². The molecule has 1 aliphatic rings. The average molecular weight is 403 g/mol. The van der Waals surface area contributed by atoms with Gasteiger partial charge < -0.3 is 14.8 Å². The lowest BCUT2D eigenvalue weighted by Crippen LogP contribution is -2.47. The van der Waals surface area contributed by atoms with Gasteiger partial charge in [-0.3, -0.25) is 14.4 Å². The van der Waals surface area contributed by atoms with E-state index in [1.54, 1.807) is 18.1 Å². The van der Waals surface area contributed by atoms with Crippen molar-refractivity contribution in [2.24, 2.45) is 5.92 Å². The van der Waals surface area contributed by atoms with Crippen LogP contribution < -0.4 is 0 Å². The van der Waals surface area contributed by atoms with E-state index in [4.69, 9.17) is 0 Å². The van der Waals surface area contributed by atoms with Crippen LogP contribution in [0.5, 0.6) is 0 Å². The van der Waals surface area contributed by atoms with E-state index in [1.807, 2.05) is 54.6 Å². The SMILES string of the molecule is CN(Cc1ccccc1)C(=O)C1CCCN(C(=O)C(=O)c2c[nH]c3ccccc23)C1. The summed E-state index contributed by atoms with van der Waals surface area (Å²) in [5, 5.41) is 0.739. The number of benzene rings is 2. The molecule has 0 bridgehead atoms. The number of aromatic amines is 1. The van der Waals surface area contributed by atoms with Crippen molar-refractivity contribution in [1.29, 1.82) is 0 Å². The predicted octanol–water partition coefficient (Wildman–Crippen LogP) is 3.25. The molecular formula is C24H25N3O3. The van der Waals surface area contributed by atoms with Crippen LogP contribution >= 0.6 is 0 Å². The quantitative estimate of drug-likeness (QED) is 0.525. The van der Waals surface area contributed by atoms with Gasteiger partial charge in [0.25, 0.3) is 11.7 Å². The molecule has 4 rings (SSSR count). The zero-order chi connectivity index (χ0) is 21.1. The topological polar surface area (TPSA) is 73.5 Å². The van der Waals surface area contributed by atoms with Crippen LogP contribution in [0.15, 0.2) is 60.8 Å². The lowest BCUT2D eigenvalue weighted by molar-refractivity contribution is -0.138. The molecule has 1 unspecified atom stereocenters. The van der Waals surface area contributed by atoms with Crippen LogP contribution in [0.1, 0.15) is 28.8 Å². The first-order valence-electron chi connectivity index (χ1n) is 10.2. The normalized spacial score (nSPS) is 16.4. The number of likely N-dealkylation sites (tertiary alicyclic amines) is 1. The van der Waals surface area contributed by atoms with E-state index in [-0.39, 0.29) is 18.4 Å². The highest BCUT2D eigenvalue weighted by Crippen LogP contribution is 2.23. The summed E-state index contributed by atoms with van der Waals surface area (Å²) in [5.74, 6) is -1.34. The van der Waals surface area contributed by atoms with Crippen molar-refractivity contribution in [3.63, 3.8) is 0 Å². The molecule has 0 saturated carbocycles. The number of hydrogen-bond acceptors (Lipinski definition) is 3. The Balaban J connectivity index is 1.43. The molecule has 1 aliphatic heterocycles. The number of H-pyrrole nitrogens is 1. The van der Waals surface area contributed by atoms with Crippen molar-refractivity contribution < 1.29 is 14.4 Å². The fourth-order valence-corrected chi connectivity index (χ4v) is 4.13. The standard InChI is InChI=1S/C24H25N3O3/c1-26(15-17-8-3-2-4-9-17)23(29)18-10-7-13-27(16-18)24(30)22(28)20-14-25-21-12-6-5-11-19(20)21/h2-6,8-9,11-12,14,18,25H,7,10,13,15-16H2,1H3. The van der Waals surface area contributed by atoms with Gasteiger partial charge in [0.05, 0.1) is 11.5 Å². The molecule has 2 heterocycles. The first-order chi connectivity index (χ1) is 14.5. The van der Waals surface area contributed by atoms with E-state index in [2.05, 4.69) is 4.98 Å². The van der Waals surface area contributed by atoms with Crippen molar-refractivity contribution in [3.8, 4) is 0 Å². The van der Waals surface area contributed by atoms with Gasteiger partial charge in [-0.1, -0.05) is 48.5 Å². The average Bonchev–Trinajstić information content (AvgIpc) is 3.22. The van der Waals surface area contributed by atoms with Gasteiger partial charge in [-0.05, 0) is 24.5 Å². The molecule has 6 nitrogen and oxygen atoms in total.